The lowest BCUT2D eigenvalue weighted by atomic mass is 9.43. The summed E-state index contributed by atoms with van der Waals surface area (Å²) in [5, 5.41) is 36.5. The highest BCUT2D eigenvalue weighted by Gasteiger charge is 2.77. The summed E-state index contributed by atoms with van der Waals surface area (Å²) in [5.74, 6) is -1.68. The number of aliphatic carboxylic acids is 1. The molecule has 1 aliphatic heterocycles. The Bertz CT molecular complexity index is 1600. The van der Waals surface area contributed by atoms with E-state index in [1.54, 1.807) is 10.7 Å². The number of allylic oxidation sites excluding steroid dienone is 1. The highest BCUT2D eigenvalue weighted by molar-refractivity contribution is 8.13. The van der Waals surface area contributed by atoms with Gasteiger partial charge in [0.1, 0.15) is 0 Å². The molecule has 2 aromatic heterocycles. The Balaban J connectivity index is 1.27. The van der Waals surface area contributed by atoms with Gasteiger partial charge in [0.05, 0.1) is 47.1 Å². The van der Waals surface area contributed by atoms with Crippen LogP contribution in [0.25, 0.3) is 11.8 Å². The minimum absolute atomic E-state index is 0.0238. The summed E-state index contributed by atoms with van der Waals surface area (Å²) in [6.45, 7) is 4.53. The maximum absolute atomic E-state index is 14.3. The number of rotatable bonds is 5. The fraction of sp³-hybridized carbons (Fsp3) is 0.606. The minimum atomic E-state index is -1.67. The summed E-state index contributed by atoms with van der Waals surface area (Å²) in [6.07, 6.45) is 9.21. The molecule has 3 saturated carbocycles. The van der Waals surface area contributed by atoms with Gasteiger partial charge in [0.15, 0.2) is 10.7 Å². The smallest absolute Gasteiger partial charge is 0.337 e. The van der Waals surface area contributed by atoms with Gasteiger partial charge >= 0.3 is 5.97 Å². The van der Waals surface area contributed by atoms with Gasteiger partial charge in [-0.2, -0.15) is 14.8 Å². The number of carbonyl (C=O) groups is 2. The summed E-state index contributed by atoms with van der Waals surface area (Å²) in [5.41, 5.74) is -0.249. The first-order valence-electron chi connectivity index (χ1n) is 15.5. The van der Waals surface area contributed by atoms with Gasteiger partial charge in [0.2, 0.25) is 5.95 Å². The van der Waals surface area contributed by atoms with Gasteiger partial charge < -0.3 is 14.9 Å². The summed E-state index contributed by atoms with van der Waals surface area (Å²) in [6, 6.07) is 5.02. The summed E-state index contributed by atoms with van der Waals surface area (Å²) >= 11 is 0.903. The van der Waals surface area contributed by atoms with Gasteiger partial charge in [0.25, 0.3) is 0 Å². The lowest BCUT2D eigenvalue weighted by molar-refractivity contribution is -0.210. The van der Waals surface area contributed by atoms with E-state index in [2.05, 4.69) is 23.1 Å². The van der Waals surface area contributed by atoms with Gasteiger partial charge in [-0.05, 0) is 104 Å². The predicted molar refractivity (Wildman–Crippen MR) is 160 cm³/mol. The molecule has 3 heterocycles. The molecule has 0 spiro atoms. The number of nitrogens with zero attached hydrogens (tertiary/aromatic N) is 4. The average molecular weight is 621 g/mol. The van der Waals surface area contributed by atoms with Crippen molar-refractivity contribution < 1.29 is 28.9 Å². The van der Waals surface area contributed by atoms with Crippen molar-refractivity contribution in [1.82, 2.24) is 14.8 Å². The molecule has 0 unspecified atom stereocenters. The molecule has 9 nitrogen and oxygen atoms in total. The van der Waals surface area contributed by atoms with Crippen molar-refractivity contribution in [3.05, 3.63) is 47.3 Å². The van der Waals surface area contributed by atoms with Gasteiger partial charge in [0, 0.05) is 6.61 Å². The van der Waals surface area contributed by atoms with E-state index < -0.39 is 34.5 Å². The molecule has 4 aliphatic carbocycles. The molecule has 0 radical (unpaired) electrons. The Morgan fingerprint density at radius 3 is 2.75 bits per heavy atom. The number of aliphatic hydroxyl groups excluding tert-OH is 1. The maximum atomic E-state index is 14.3. The molecule has 5 aliphatic rings. The third-order valence-corrected chi connectivity index (χ3v) is 13.1. The van der Waals surface area contributed by atoms with Gasteiger partial charge in [-0.25, -0.2) is 14.5 Å². The largest absolute Gasteiger partial charge is 0.479 e. The predicted octanol–water partition coefficient (Wildman–Crippen LogP) is 4.96. The molecular formula is C33H37FN4O5S. The number of aromatic nitrogens is 3. The molecule has 0 amide bonds. The minimum Gasteiger partial charge on any atom is -0.479 e. The zero-order chi connectivity index (χ0) is 31.1. The Morgan fingerprint density at radius 1 is 1.25 bits per heavy atom. The quantitative estimate of drug-likeness (QED) is 0.444. The fourth-order valence-electron chi connectivity index (χ4n) is 10.6. The Hall–Kier alpha value is -3.07. The van der Waals surface area contributed by atoms with E-state index in [0.717, 1.165) is 35.9 Å². The number of aliphatic hydroxyl groups is 1. The maximum Gasteiger partial charge on any atom is 0.337 e. The first kappa shape index (κ1) is 29.6. The van der Waals surface area contributed by atoms with Gasteiger partial charge in [-0.15, -0.1) is 0 Å². The number of hydrogen-bond donors (Lipinski definition) is 2. The van der Waals surface area contributed by atoms with Crippen molar-refractivity contribution in [2.24, 2.45) is 34.0 Å². The zero-order valence-electron chi connectivity index (χ0n) is 25.0. The van der Waals surface area contributed by atoms with E-state index in [-0.39, 0.29) is 47.1 Å². The van der Waals surface area contributed by atoms with E-state index in [1.165, 1.54) is 17.8 Å². The highest BCUT2D eigenvalue weighted by Crippen LogP contribution is 2.74. The number of thioether (sulfide) groups is 1. The molecule has 11 heteroatoms. The number of halogens is 1. The van der Waals surface area contributed by atoms with Crippen LogP contribution in [-0.4, -0.2) is 60.1 Å². The number of pyridine rings is 1. The number of carbonyl (C=O) groups excluding carboxylic acids is 1. The van der Waals surface area contributed by atoms with Crippen LogP contribution in [0.1, 0.15) is 70.1 Å². The molecule has 0 bridgehead atoms. The van der Waals surface area contributed by atoms with Crippen LogP contribution in [0, 0.1) is 51.3 Å². The second-order valence-corrected chi connectivity index (χ2v) is 14.8. The molecule has 2 N–H and O–H groups in total. The summed E-state index contributed by atoms with van der Waals surface area (Å²) in [4.78, 5) is 31.2. The van der Waals surface area contributed by atoms with E-state index in [9.17, 15) is 29.5 Å². The van der Waals surface area contributed by atoms with Crippen LogP contribution < -0.4 is 0 Å². The lowest BCUT2D eigenvalue weighted by Crippen LogP contribution is -2.67. The van der Waals surface area contributed by atoms with Crippen LogP contribution in [-0.2, 0) is 20.7 Å². The first-order valence-corrected chi connectivity index (χ1v) is 16.5. The van der Waals surface area contributed by atoms with Crippen molar-refractivity contribution in [1.29, 1.82) is 5.26 Å². The van der Waals surface area contributed by atoms with Crippen LogP contribution in [0.5, 0.6) is 0 Å². The van der Waals surface area contributed by atoms with Crippen molar-refractivity contribution in [3.63, 3.8) is 0 Å². The molecule has 44 heavy (non-hydrogen) atoms. The highest BCUT2D eigenvalue weighted by atomic mass is 32.2. The number of carboxylic acid groups (broad SMARTS) is 1. The Morgan fingerprint density at radius 2 is 2.07 bits per heavy atom. The van der Waals surface area contributed by atoms with Crippen LogP contribution in [0.3, 0.4) is 0 Å². The van der Waals surface area contributed by atoms with Crippen LogP contribution >= 0.6 is 11.8 Å². The van der Waals surface area contributed by atoms with E-state index in [1.807, 2.05) is 19.2 Å². The van der Waals surface area contributed by atoms with Crippen LogP contribution in [0.15, 0.2) is 30.1 Å². The molecule has 2 aromatic rings. The van der Waals surface area contributed by atoms with Crippen LogP contribution in [0.2, 0.25) is 0 Å². The molecule has 4 fully saturated rings. The van der Waals surface area contributed by atoms with E-state index in [4.69, 9.17) is 4.74 Å². The normalized spacial score (nSPS) is 38.9. The molecule has 1 saturated heterocycles. The third kappa shape index (κ3) is 3.77. The number of nitriles is 1. The fourth-order valence-corrected chi connectivity index (χ4v) is 11.6. The molecular weight excluding hydrogens is 583 g/mol. The van der Waals surface area contributed by atoms with Gasteiger partial charge in [-0.3, -0.25) is 4.79 Å². The Kier molecular flexibility index (Phi) is 6.89. The number of ether oxygens (including phenoxy) is 1. The average Bonchev–Trinajstić information content (AvgIpc) is 3.71. The first-order chi connectivity index (χ1) is 21.0. The topological polar surface area (TPSA) is 138 Å². The molecule has 8 atom stereocenters. The molecule has 0 aromatic carbocycles. The molecule has 232 valence electrons. The van der Waals surface area contributed by atoms with Crippen molar-refractivity contribution >= 4 is 28.9 Å². The second-order valence-electron chi connectivity index (χ2n) is 13.9. The van der Waals surface area contributed by atoms with E-state index >= 15 is 0 Å². The number of fused-ring (bicyclic) bond motifs is 6. The third-order valence-electron chi connectivity index (χ3n) is 12.2. The van der Waals surface area contributed by atoms with E-state index in [0.29, 0.717) is 37.8 Å². The van der Waals surface area contributed by atoms with Crippen molar-refractivity contribution in [2.45, 2.75) is 76.9 Å². The summed E-state index contributed by atoms with van der Waals surface area (Å²) < 4.78 is 21.4. The standard InChI is InChI=1S/C33H37FN4O5S/c1-30-15-19-17-37-38(21-5-7-26(34)36-18-21)24(19)14-20(30)4-6-22-23-8-10-32(29(42)44-13-11-35,31(23,2)16-25(39)27(22)30)33(28(40)41)9-3-12-43-33/h5,7,14,17-18,22-23,25,27,39H,3-4,6,8-10,12-13,15-16H2,1-2H3,(H,40,41)/t22-,23-,25-,27+,30-,31-,32+,33-/m0/s1. The lowest BCUT2D eigenvalue weighted by Gasteiger charge is -2.62. The Labute approximate surface area is 259 Å². The SMILES string of the molecule is C[C@]12Cc3cnn(-c4ccc(F)nc4)c3C=C1CC[C@@H]1[C@@H]2[C@@H](O)C[C@@]2(C)[C@H]1CC[C@]2(C(=O)SCC#N)[C@@]1(C(=O)O)CCCO1. The summed E-state index contributed by atoms with van der Waals surface area (Å²) in [7, 11) is 0. The van der Waals surface area contributed by atoms with Gasteiger partial charge in [-0.1, -0.05) is 31.2 Å². The second kappa shape index (κ2) is 10.2. The number of hydrogen-bond acceptors (Lipinski definition) is 8. The van der Waals surface area contributed by atoms with Crippen molar-refractivity contribution in [2.75, 3.05) is 12.4 Å². The number of carboxylic acids is 1. The monoisotopic (exact) mass is 620 g/mol. The van der Waals surface area contributed by atoms with Crippen LogP contribution in [0.4, 0.5) is 4.39 Å². The van der Waals surface area contributed by atoms with Crippen molar-refractivity contribution in [3.8, 4) is 11.8 Å². The zero-order valence-corrected chi connectivity index (χ0v) is 25.8. The molecule has 7 rings (SSSR count).